The van der Waals surface area contributed by atoms with Crippen LogP contribution in [0.1, 0.15) is 24.8 Å². The quantitative estimate of drug-likeness (QED) is 0.300. The molecule has 0 bridgehead atoms. The van der Waals surface area contributed by atoms with Crippen LogP contribution in [0, 0.1) is 5.92 Å². The van der Waals surface area contributed by atoms with Gasteiger partial charge in [0.25, 0.3) is 0 Å². The Morgan fingerprint density at radius 2 is 1.98 bits per heavy atom. The molecule has 206 valence electrons. The molecule has 4 aromatic rings. The number of hydrogen-bond acceptors (Lipinski definition) is 7. The fourth-order valence-electron chi connectivity index (χ4n) is 5.11. The van der Waals surface area contributed by atoms with E-state index in [9.17, 15) is 9.59 Å². The summed E-state index contributed by atoms with van der Waals surface area (Å²) in [6, 6.07) is 15.7. The number of methoxy groups -OCH3 is 2. The first-order chi connectivity index (χ1) is 19.6. The lowest BCUT2D eigenvalue weighted by Crippen LogP contribution is -2.52. The smallest absolute Gasteiger partial charge is 0.247 e. The van der Waals surface area contributed by atoms with E-state index in [2.05, 4.69) is 32.8 Å². The van der Waals surface area contributed by atoms with Crippen LogP contribution in [0.5, 0.6) is 11.5 Å². The summed E-state index contributed by atoms with van der Waals surface area (Å²) in [5, 5.41) is 11.4. The third kappa shape index (κ3) is 5.96. The number of carbonyl (C=O) groups excluding carboxylic acids is 2. The molecule has 5 rings (SSSR count). The fraction of sp³-hybridized carbons (Fsp3) is 0.300. The first kappa shape index (κ1) is 26.9. The SMILES string of the molecule is COc1ccc(NC(=O)[C@@H]([C@@H]2CC=CCC2)N(Cc2cccnc2)C(=O)Cn2nnc3ccccc32)c(OC)c1. The van der Waals surface area contributed by atoms with E-state index in [1.165, 1.54) is 7.11 Å². The van der Waals surface area contributed by atoms with E-state index in [0.717, 1.165) is 23.9 Å². The summed E-state index contributed by atoms with van der Waals surface area (Å²) in [5.41, 5.74) is 2.78. The molecule has 0 saturated carbocycles. The molecule has 0 spiro atoms. The number of benzene rings is 2. The maximum absolute atomic E-state index is 14.1. The summed E-state index contributed by atoms with van der Waals surface area (Å²) in [7, 11) is 3.11. The molecule has 1 aliphatic carbocycles. The third-order valence-electron chi connectivity index (χ3n) is 7.13. The van der Waals surface area contributed by atoms with Crippen LogP contribution in [-0.4, -0.2) is 57.0 Å². The van der Waals surface area contributed by atoms with Crippen LogP contribution in [0.3, 0.4) is 0 Å². The van der Waals surface area contributed by atoms with E-state index < -0.39 is 6.04 Å². The highest BCUT2D eigenvalue weighted by atomic mass is 16.5. The first-order valence-electron chi connectivity index (χ1n) is 13.2. The molecule has 1 aliphatic rings. The zero-order valence-corrected chi connectivity index (χ0v) is 22.6. The number of fused-ring (bicyclic) bond motifs is 1. The molecular formula is C30H32N6O4. The van der Waals surface area contributed by atoms with Gasteiger partial charge in [0.15, 0.2) is 0 Å². The van der Waals surface area contributed by atoms with Crippen LogP contribution in [0.4, 0.5) is 5.69 Å². The largest absolute Gasteiger partial charge is 0.497 e. The highest BCUT2D eigenvalue weighted by Crippen LogP contribution is 2.32. The molecule has 2 aromatic carbocycles. The van der Waals surface area contributed by atoms with Gasteiger partial charge in [0, 0.05) is 25.0 Å². The highest BCUT2D eigenvalue weighted by Gasteiger charge is 2.37. The summed E-state index contributed by atoms with van der Waals surface area (Å²) >= 11 is 0. The van der Waals surface area contributed by atoms with Crippen molar-refractivity contribution < 1.29 is 19.1 Å². The standard InChI is InChI=1S/C30H32N6O4/c1-39-23-14-15-25(27(17-23)40-2)32-30(38)29(22-10-4-3-5-11-22)35(19-21-9-8-16-31-18-21)28(37)20-36-26-13-7-6-12-24(26)33-34-36/h3-4,6-9,12-18,22,29H,5,10-11,19-20H2,1-2H3,(H,32,38)/t22-,29-/m1/s1. The number of ether oxygens (including phenoxy) is 2. The second kappa shape index (κ2) is 12.4. The predicted octanol–water partition coefficient (Wildman–Crippen LogP) is 4.24. The van der Waals surface area contributed by atoms with Crippen molar-refractivity contribution in [1.82, 2.24) is 24.9 Å². The number of pyridine rings is 1. The summed E-state index contributed by atoms with van der Waals surface area (Å²) in [6.45, 7) is 0.163. The molecule has 1 N–H and O–H groups in total. The second-order valence-electron chi connectivity index (χ2n) is 9.66. The molecule has 2 aromatic heterocycles. The second-order valence-corrected chi connectivity index (χ2v) is 9.66. The van der Waals surface area contributed by atoms with E-state index in [0.29, 0.717) is 29.1 Å². The van der Waals surface area contributed by atoms with Gasteiger partial charge in [-0.1, -0.05) is 35.6 Å². The van der Waals surface area contributed by atoms with Gasteiger partial charge in [-0.05, 0) is 61.1 Å². The van der Waals surface area contributed by atoms with E-state index in [-0.39, 0.29) is 30.8 Å². The first-order valence-corrected chi connectivity index (χ1v) is 13.2. The molecule has 10 nitrogen and oxygen atoms in total. The van der Waals surface area contributed by atoms with Gasteiger partial charge in [-0.2, -0.15) is 0 Å². The Hall–Kier alpha value is -4.73. The van der Waals surface area contributed by atoms with Crippen LogP contribution in [0.2, 0.25) is 0 Å². The maximum Gasteiger partial charge on any atom is 0.247 e. The number of para-hydroxylation sites is 1. The molecule has 10 heteroatoms. The van der Waals surface area contributed by atoms with Crippen molar-refractivity contribution in [2.45, 2.75) is 38.4 Å². The number of allylic oxidation sites excluding steroid dienone is 2. The normalized spacial score (nSPS) is 15.4. The number of amides is 2. The van der Waals surface area contributed by atoms with Gasteiger partial charge in [-0.3, -0.25) is 14.6 Å². The Labute approximate surface area is 232 Å². The minimum absolute atomic E-state index is 0.0566. The van der Waals surface area contributed by atoms with Crippen molar-refractivity contribution in [1.29, 1.82) is 0 Å². The number of nitrogens with zero attached hydrogens (tertiary/aromatic N) is 5. The minimum atomic E-state index is -0.751. The molecule has 40 heavy (non-hydrogen) atoms. The Balaban J connectivity index is 1.51. The van der Waals surface area contributed by atoms with Gasteiger partial charge in [0.2, 0.25) is 11.8 Å². The number of aromatic nitrogens is 4. The van der Waals surface area contributed by atoms with Gasteiger partial charge in [0.05, 0.1) is 25.4 Å². The lowest BCUT2D eigenvalue weighted by Gasteiger charge is -2.37. The average molecular weight is 541 g/mol. The van der Waals surface area contributed by atoms with Crippen molar-refractivity contribution in [2.24, 2.45) is 5.92 Å². The van der Waals surface area contributed by atoms with E-state index in [1.807, 2.05) is 36.4 Å². The molecule has 0 radical (unpaired) electrons. The zero-order chi connectivity index (χ0) is 27.9. The van der Waals surface area contributed by atoms with Crippen LogP contribution in [0.25, 0.3) is 11.0 Å². The van der Waals surface area contributed by atoms with Crippen molar-refractivity contribution in [3.05, 3.63) is 84.7 Å². The van der Waals surface area contributed by atoms with Crippen LogP contribution in [0.15, 0.2) is 79.1 Å². The summed E-state index contributed by atoms with van der Waals surface area (Å²) < 4.78 is 12.4. The minimum Gasteiger partial charge on any atom is -0.497 e. The van der Waals surface area contributed by atoms with Crippen LogP contribution < -0.4 is 14.8 Å². The number of rotatable bonds is 10. The molecule has 0 aliphatic heterocycles. The lowest BCUT2D eigenvalue weighted by atomic mass is 9.85. The van der Waals surface area contributed by atoms with Crippen LogP contribution in [-0.2, 0) is 22.7 Å². The van der Waals surface area contributed by atoms with Gasteiger partial charge >= 0.3 is 0 Å². The van der Waals surface area contributed by atoms with Crippen molar-refractivity contribution in [3.63, 3.8) is 0 Å². The van der Waals surface area contributed by atoms with Gasteiger partial charge in [0.1, 0.15) is 29.6 Å². The molecule has 2 amide bonds. The Morgan fingerprint density at radius 1 is 1.10 bits per heavy atom. The molecular weight excluding hydrogens is 508 g/mol. The van der Waals surface area contributed by atoms with Crippen molar-refractivity contribution in [2.75, 3.05) is 19.5 Å². The Bertz CT molecular complexity index is 1500. The Kier molecular flexibility index (Phi) is 8.34. The monoisotopic (exact) mass is 540 g/mol. The highest BCUT2D eigenvalue weighted by molar-refractivity contribution is 5.98. The number of hydrogen-bond donors (Lipinski definition) is 1. The van der Waals surface area contributed by atoms with E-state index in [1.54, 1.807) is 47.3 Å². The van der Waals surface area contributed by atoms with Crippen molar-refractivity contribution >= 4 is 28.5 Å². The Morgan fingerprint density at radius 3 is 2.73 bits per heavy atom. The van der Waals surface area contributed by atoms with E-state index in [4.69, 9.17) is 9.47 Å². The van der Waals surface area contributed by atoms with E-state index >= 15 is 0 Å². The molecule has 0 fully saturated rings. The van der Waals surface area contributed by atoms with Crippen molar-refractivity contribution in [3.8, 4) is 11.5 Å². The fourth-order valence-corrected chi connectivity index (χ4v) is 5.11. The molecule has 2 heterocycles. The van der Waals surface area contributed by atoms with Gasteiger partial charge in [-0.15, -0.1) is 5.10 Å². The van der Waals surface area contributed by atoms with Gasteiger partial charge < -0.3 is 19.7 Å². The summed E-state index contributed by atoms with van der Waals surface area (Å²) in [5.74, 6) is 0.467. The molecule has 2 atom stereocenters. The zero-order valence-electron chi connectivity index (χ0n) is 22.6. The summed E-state index contributed by atoms with van der Waals surface area (Å²) in [6.07, 6.45) is 9.89. The summed E-state index contributed by atoms with van der Waals surface area (Å²) in [4.78, 5) is 34.1. The maximum atomic E-state index is 14.1. The number of anilines is 1. The third-order valence-corrected chi connectivity index (χ3v) is 7.13. The van der Waals surface area contributed by atoms with Gasteiger partial charge in [-0.25, -0.2) is 4.68 Å². The number of carbonyl (C=O) groups is 2. The topological polar surface area (TPSA) is 111 Å². The lowest BCUT2D eigenvalue weighted by molar-refractivity contribution is -0.142. The average Bonchev–Trinajstić information content (AvgIpc) is 3.40. The van der Waals surface area contributed by atoms with Crippen LogP contribution >= 0.6 is 0 Å². The number of nitrogens with one attached hydrogen (secondary N) is 1. The predicted molar refractivity (Wildman–Crippen MR) is 151 cm³/mol. The molecule has 0 saturated heterocycles. The molecule has 0 unspecified atom stereocenters.